The summed E-state index contributed by atoms with van der Waals surface area (Å²) in [4.78, 5) is 14.6. The molecule has 2 atom stereocenters. The average molecular weight is 316 g/mol. The Morgan fingerprint density at radius 3 is 2.62 bits per heavy atom. The lowest BCUT2D eigenvalue weighted by molar-refractivity contribution is -0.0499. The van der Waals surface area contributed by atoms with E-state index in [9.17, 15) is 13.6 Å². The van der Waals surface area contributed by atoms with Crippen molar-refractivity contribution in [1.82, 2.24) is 10.2 Å². The van der Waals surface area contributed by atoms with Crippen molar-refractivity contribution in [1.29, 1.82) is 0 Å². The van der Waals surface area contributed by atoms with Gasteiger partial charge in [0.25, 0.3) is 5.91 Å². The molecule has 4 nitrogen and oxygen atoms in total. The molecule has 2 aliphatic rings. The molecule has 0 radical (unpaired) electrons. The van der Waals surface area contributed by atoms with Gasteiger partial charge in [0.1, 0.15) is 10.6 Å². The highest BCUT2D eigenvalue weighted by atomic mass is 32.1. The number of fused-ring (bicyclic) bond motifs is 1. The first-order chi connectivity index (χ1) is 10.1. The van der Waals surface area contributed by atoms with E-state index in [0.29, 0.717) is 24.9 Å². The summed E-state index contributed by atoms with van der Waals surface area (Å²) in [6.45, 7) is 0.513. The zero-order valence-corrected chi connectivity index (χ0v) is 12.4. The molecule has 0 aliphatic carbocycles. The molecule has 1 aromatic rings. The first kappa shape index (κ1) is 14.7. The minimum absolute atomic E-state index is 0.00823. The Balaban J connectivity index is 1.69. The Hall–Kier alpha value is -1.21. The van der Waals surface area contributed by atoms with Crippen LogP contribution in [0.2, 0.25) is 0 Å². The van der Waals surface area contributed by atoms with E-state index in [1.54, 1.807) is 10.3 Å². The summed E-state index contributed by atoms with van der Waals surface area (Å²) in [5.41, 5.74) is 0. The van der Waals surface area contributed by atoms with E-state index >= 15 is 0 Å². The lowest BCUT2D eigenvalue weighted by Crippen LogP contribution is -2.32. The van der Waals surface area contributed by atoms with Gasteiger partial charge < -0.3 is 15.0 Å². The first-order valence-electron chi connectivity index (χ1n) is 7.17. The smallest absolute Gasteiger partial charge is 0.387 e. The van der Waals surface area contributed by atoms with Gasteiger partial charge in [0.15, 0.2) is 0 Å². The normalized spacial score (nSPS) is 25.8. The summed E-state index contributed by atoms with van der Waals surface area (Å²) in [6.07, 6.45) is 1.94. The van der Waals surface area contributed by atoms with Gasteiger partial charge in [-0.1, -0.05) is 0 Å². The van der Waals surface area contributed by atoms with Gasteiger partial charge in [-0.3, -0.25) is 4.79 Å². The first-order valence-corrected chi connectivity index (χ1v) is 8.05. The molecule has 1 N–H and O–H groups in total. The number of hydrogen-bond acceptors (Lipinski definition) is 4. The van der Waals surface area contributed by atoms with Crippen molar-refractivity contribution in [3.05, 3.63) is 16.3 Å². The van der Waals surface area contributed by atoms with Crippen molar-refractivity contribution >= 4 is 17.2 Å². The predicted octanol–water partition coefficient (Wildman–Crippen LogP) is 2.42. The van der Waals surface area contributed by atoms with Crippen LogP contribution in [0.25, 0.3) is 0 Å². The maximum atomic E-state index is 12.5. The molecule has 0 bridgehead atoms. The second kappa shape index (κ2) is 6.27. The molecular formula is C14H18F2N2O2S. The number of thiophene rings is 1. The SMILES string of the molecule is O=C(c1sccc1OC(F)F)N1CC[C@@H]2CNC[C@@H]2CC1. The van der Waals surface area contributed by atoms with Crippen LogP contribution in [-0.2, 0) is 0 Å². The van der Waals surface area contributed by atoms with Crippen LogP contribution in [0.1, 0.15) is 22.5 Å². The maximum Gasteiger partial charge on any atom is 0.387 e. The second-order valence-corrected chi connectivity index (χ2v) is 6.46. The molecule has 1 aromatic heterocycles. The van der Waals surface area contributed by atoms with E-state index in [1.807, 2.05) is 0 Å². The van der Waals surface area contributed by atoms with Crippen LogP contribution in [0.15, 0.2) is 11.4 Å². The van der Waals surface area contributed by atoms with Gasteiger partial charge in [-0.2, -0.15) is 8.78 Å². The average Bonchev–Trinajstić information content (AvgIpc) is 3.03. The summed E-state index contributed by atoms with van der Waals surface area (Å²) in [5, 5.41) is 5.00. The number of amides is 1. The Morgan fingerprint density at radius 2 is 2.00 bits per heavy atom. The largest absolute Gasteiger partial charge is 0.433 e. The van der Waals surface area contributed by atoms with Crippen LogP contribution < -0.4 is 10.1 Å². The molecule has 3 heterocycles. The molecule has 0 unspecified atom stereocenters. The minimum atomic E-state index is -2.90. The fourth-order valence-corrected chi connectivity index (χ4v) is 4.00. The van der Waals surface area contributed by atoms with Crippen LogP contribution in [-0.4, -0.2) is 43.6 Å². The Labute approximate surface area is 126 Å². The van der Waals surface area contributed by atoms with Crippen molar-refractivity contribution in [2.24, 2.45) is 11.8 Å². The number of carbonyl (C=O) groups excluding carboxylic acids is 1. The highest BCUT2D eigenvalue weighted by Gasteiger charge is 2.32. The molecule has 3 rings (SSSR count). The molecule has 2 aliphatic heterocycles. The van der Waals surface area contributed by atoms with Gasteiger partial charge >= 0.3 is 6.61 Å². The number of carbonyl (C=O) groups is 1. The van der Waals surface area contributed by atoms with E-state index in [1.165, 1.54) is 6.07 Å². The van der Waals surface area contributed by atoms with Gasteiger partial charge in [-0.25, -0.2) is 0 Å². The van der Waals surface area contributed by atoms with Gasteiger partial charge in [-0.15, -0.1) is 11.3 Å². The lowest BCUT2D eigenvalue weighted by atomic mass is 9.92. The van der Waals surface area contributed by atoms with Crippen LogP contribution in [0.5, 0.6) is 5.75 Å². The fourth-order valence-electron chi connectivity index (χ4n) is 3.21. The third kappa shape index (κ3) is 3.18. The highest BCUT2D eigenvalue weighted by Crippen LogP contribution is 2.31. The number of alkyl halides is 2. The van der Waals surface area contributed by atoms with Gasteiger partial charge in [-0.05, 0) is 49.2 Å². The summed E-state index contributed by atoms with van der Waals surface area (Å²) in [6, 6.07) is 1.43. The number of ether oxygens (including phenoxy) is 1. The molecule has 0 saturated carbocycles. The quantitative estimate of drug-likeness (QED) is 0.931. The van der Waals surface area contributed by atoms with E-state index in [2.05, 4.69) is 10.1 Å². The lowest BCUT2D eigenvalue weighted by Gasteiger charge is -2.20. The topological polar surface area (TPSA) is 41.6 Å². The zero-order valence-electron chi connectivity index (χ0n) is 11.6. The molecule has 2 saturated heterocycles. The number of nitrogens with one attached hydrogen (secondary N) is 1. The third-order valence-corrected chi connectivity index (χ3v) is 5.23. The van der Waals surface area contributed by atoms with E-state index in [4.69, 9.17) is 0 Å². The van der Waals surface area contributed by atoms with Crippen molar-refractivity contribution in [2.45, 2.75) is 19.5 Å². The zero-order chi connectivity index (χ0) is 14.8. The van der Waals surface area contributed by atoms with Crippen molar-refractivity contribution < 1.29 is 18.3 Å². The summed E-state index contributed by atoms with van der Waals surface area (Å²) in [7, 11) is 0. The Morgan fingerprint density at radius 1 is 1.33 bits per heavy atom. The van der Waals surface area contributed by atoms with Crippen molar-refractivity contribution in [3.8, 4) is 5.75 Å². The molecule has 0 spiro atoms. The number of nitrogens with zero attached hydrogens (tertiary/aromatic N) is 1. The third-order valence-electron chi connectivity index (χ3n) is 4.35. The predicted molar refractivity (Wildman–Crippen MR) is 75.9 cm³/mol. The second-order valence-electron chi connectivity index (χ2n) is 5.54. The Kier molecular flexibility index (Phi) is 4.40. The Bertz CT molecular complexity index is 495. The van der Waals surface area contributed by atoms with Crippen LogP contribution in [0, 0.1) is 11.8 Å². The molecule has 21 heavy (non-hydrogen) atoms. The summed E-state index contributed by atoms with van der Waals surface area (Å²) < 4.78 is 29.1. The van der Waals surface area contributed by atoms with Gasteiger partial charge in [0, 0.05) is 13.1 Å². The van der Waals surface area contributed by atoms with Gasteiger partial charge in [0.2, 0.25) is 0 Å². The molecule has 0 aromatic carbocycles. The monoisotopic (exact) mass is 316 g/mol. The van der Waals surface area contributed by atoms with Crippen LogP contribution >= 0.6 is 11.3 Å². The number of likely N-dealkylation sites (tertiary alicyclic amines) is 1. The molecule has 2 fully saturated rings. The number of hydrogen-bond donors (Lipinski definition) is 1. The molecule has 116 valence electrons. The van der Waals surface area contributed by atoms with Crippen molar-refractivity contribution in [3.63, 3.8) is 0 Å². The van der Waals surface area contributed by atoms with E-state index in [-0.39, 0.29) is 16.5 Å². The molecule has 1 amide bonds. The highest BCUT2D eigenvalue weighted by molar-refractivity contribution is 7.12. The van der Waals surface area contributed by atoms with Crippen molar-refractivity contribution in [2.75, 3.05) is 26.2 Å². The molecule has 7 heteroatoms. The minimum Gasteiger partial charge on any atom is -0.433 e. The van der Waals surface area contributed by atoms with Crippen LogP contribution in [0.3, 0.4) is 0 Å². The summed E-state index contributed by atoms with van der Waals surface area (Å²) in [5.74, 6) is 1.06. The van der Waals surface area contributed by atoms with Gasteiger partial charge in [0.05, 0.1) is 0 Å². The maximum absolute atomic E-state index is 12.5. The fraction of sp³-hybridized carbons (Fsp3) is 0.643. The van der Waals surface area contributed by atoms with E-state index < -0.39 is 6.61 Å². The number of halogens is 2. The number of rotatable bonds is 3. The standard InChI is InChI=1S/C14H18F2N2O2S/c15-14(16)20-11-3-6-21-12(11)13(19)18-4-1-9-7-17-8-10(9)2-5-18/h3,6,9-10,14,17H,1-2,4-5,7-8H2/t9-,10+. The summed E-state index contributed by atoms with van der Waals surface area (Å²) >= 11 is 1.16. The van der Waals surface area contributed by atoms with Crippen LogP contribution in [0.4, 0.5) is 8.78 Å². The van der Waals surface area contributed by atoms with E-state index in [0.717, 1.165) is 37.3 Å². The molecular weight excluding hydrogens is 298 g/mol.